The SMILES string of the molecule is CC(C)NC(=O)COc1ccc([N+](=O)[O-])cc1[C@@H](C)O. The summed E-state index contributed by atoms with van der Waals surface area (Å²) in [5, 5.41) is 23.0. The van der Waals surface area contributed by atoms with Crippen LogP contribution in [0, 0.1) is 10.1 Å². The number of nitrogens with zero attached hydrogens (tertiary/aromatic N) is 1. The van der Waals surface area contributed by atoms with E-state index in [1.165, 1.54) is 25.1 Å². The van der Waals surface area contributed by atoms with E-state index >= 15 is 0 Å². The molecular weight excluding hydrogens is 264 g/mol. The van der Waals surface area contributed by atoms with Crippen molar-refractivity contribution in [1.82, 2.24) is 5.32 Å². The Labute approximate surface area is 116 Å². The number of aliphatic hydroxyl groups excluding tert-OH is 1. The molecule has 0 aliphatic carbocycles. The molecule has 0 aromatic heterocycles. The first kappa shape index (κ1) is 15.9. The fourth-order valence-electron chi connectivity index (χ4n) is 1.61. The first-order valence-corrected chi connectivity index (χ1v) is 6.19. The summed E-state index contributed by atoms with van der Waals surface area (Å²) in [6.45, 7) is 4.91. The number of benzene rings is 1. The number of carbonyl (C=O) groups excluding carboxylic acids is 1. The van der Waals surface area contributed by atoms with Crippen LogP contribution < -0.4 is 10.1 Å². The lowest BCUT2D eigenvalue weighted by atomic mass is 10.1. The maximum Gasteiger partial charge on any atom is 0.270 e. The first-order chi connectivity index (χ1) is 9.31. The van der Waals surface area contributed by atoms with Gasteiger partial charge in [-0.1, -0.05) is 0 Å². The van der Waals surface area contributed by atoms with E-state index in [1.807, 2.05) is 13.8 Å². The van der Waals surface area contributed by atoms with Crippen molar-refractivity contribution < 1.29 is 19.6 Å². The average molecular weight is 282 g/mol. The van der Waals surface area contributed by atoms with Crippen molar-refractivity contribution in [3.63, 3.8) is 0 Å². The van der Waals surface area contributed by atoms with E-state index in [1.54, 1.807) is 0 Å². The lowest BCUT2D eigenvalue weighted by molar-refractivity contribution is -0.385. The van der Waals surface area contributed by atoms with Crippen molar-refractivity contribution in [2.24, 2.45) is 0 Å². The van der Waals surface area contributed by atoms with Crippen LogP contribution in [0.1, 0.15) is 32.4 Å². The molecule has 0 saturated carbocycles. The smallest absolute Gasteiger partial charge is 0.270 e. The molecule has 20 heavy (non-hydrogen) atoms. The van der Waals surface area contributed by atoms with Crippen LogP contribution in [0.5, 0.6) is 5.75 Å². The van der Waals surface area contributed by atoms with E-state index in [4.69, 9.17) is 4.74 Å². The summed E-state index contributed by atoms with van der Waals surface area (Å²) in [5.74, 6) is -0.0422. The Morgan fingerprint density at radius 3 is 2.60 bits per heavy atom. The molecule has 0 spiro atoms. The number of amides is 1. The van der Waals surface area contributed by atoms with Crippen molar-refractivity contribution in [1.29, 1.82) is 0 Å². The Kier molecular flexibility index (Phi) is 5.45. The summed E-state index contributed by atoms with van der Waals surface area (Å²) in [6.07, 6.45) is -0.932. The number of hydrogen-bond acceptors (Lipinski definition) is 5. The minimum absolute atomic E-state index is 0.000744. The summed E-state index contributed by atoms with van der Waals surface area (Å²) in [5.41, 5.74) is 0.136. The Morgan fingerprint density at radius 1 is 1.45 bits per heavy atom. The highest BCUT2D eigenvalue weighted by molar-refractivity contribution is 5.77. The highest BCUT2D eigenvalue weighted by Crippen LogP contribution is 2.29. The van der Waals surface area contributed by atoms with Crippen molar-refractivity contribution >= 4 is 11.6 Å². The fourth-order valence-corrected chi connectivity index (χ4v) is 1.61. The molecule has 0 bridgehead atoms. The summed E-state index contributed by atoms with van der Waals surface area (Å²) in [6, 6.07) is 3.88. The molecule has 1 rings (SSSR count). The number of rotatable bonds is 6. The summed E-state index contributed by atoms with van der Waals surface area (Å²) >= 11 is 0. The predicted molar refractivity (Wildman–Crippen MR) is 72.5 cm³/mol. The van der Waals surface area contributed by atoms with Gasteiger partial charge in [-0.05, 0) is 26.8 Å². The molecule has 0 fully saturated rings. The molecule has 0 aliphatic heterocycles. The molecule has 0 unspecified atom stereocenters. The molecule has 0 radical (unpaired) electrons. The number of non-ortho nitro benzene ring substituents is 1. The summed E-state index contributed by atoms with van der Waals surface area (Å²) in [4.78, 5) is 21.6. The molecular formula is C13H18N2O5. The second kappa shape index (κ2) is 6.85. The monoisotopic (exact) mass is 282 g/mol. The van der Waals surface area contributed by atoms with Crippen molar-refractivity contribution in [3.8, 4) is 5.75 Å². The van der Waals surface area contributed by atoms with Gasteiger partial charge in [0.25, 0.3) is 11.6 Å². The largest absolute Gasteiger partial charge is 0.483 e. The third kappa shape index (κ3) is 4.51. The molecule has 7 nitrogen and oxygen atoms in total. The van der Waals surface area contributed by atoms with Gasteiger partial charge >= 0.3 is 0 Å². The maximum absolute atomic E-state index is 11.5. The molecule has 0 aliphatic rings. The molecule has 1 amide bonds. The van der Waals surface area contributed by atoms with Gasteiger partial charge < -0.3 is 15.2 Å². The molecule has 0 saturated heterocycles. The molecule has 0 heterocycles. The van der Waals surface area contributed by atoms with E-state index in [9.17, 15) is 20.0 Å². The number of aliphatic hydroxyl groups is 1. The minimum atomic E-state index is -0.932. The first-order valence-electron chi connectivity index (χ1n) is 6.19. The van der Waals surface area contributed by atoms with Gasteiger partial charge in [-0.25, -0.2) is 0 Å². The lowest BCUT2D eigenvalue weighted by Crippen LogP contribution is -2.34. The quantitative estimate of drug-likeness (QED) is 0.609. The van der Waals surface area contributed by atoms with Crippen LogP contribution in [0.15, 0.2) is 18.2 Å². The van der Waals surface area contributed by atoms with Gasteiger partial charge in [0, 0.05) is 23.7 Å². The number of carbonyl (C=O) groups is 1. The van der Waals surface area contributed by atoms with Crippen LogP contribution in [-0.2, 0) is 4.79 Å². The molecule has 2 N–H and O–H groups in total. The molecule has 1 aromatic rings. The van der Waals surface area contributed by atoms with Crippen LogP contribution >= 0.6 is 0 Å². The number of ether oxygens (including phenoxy) is 1. The van der Waals surface area contributed by atoms with E-state index < -0.39 is 11.0 Å². The molecule has 1 atom stereocenters. The summed E-state index contributed by atoms with van der Waals surface area (Å²) < 4.78 is 5.30. The van der Waals surface area contributed by atoms with Gasteiger partial charge in [0.05, 0.1) is 11.0 Å². The van der Waals surface area contributed by atoms with Gasteiger partial charge in [-0.3, -0.25) is 14.9 Å². The van der Waals surface area contributed by atoms with Gasteiger partial charge in [-0.15, -0.1) is 0 Å². The second-order valence-electron chi connectivity index (χ2n) is 4.67. The number of nitrogens with one attached hydrogen (secondary N) is 1. The lowest BCUT2D eigenvalue weighted by Gasteiger charge is -2.14. The van der Waals surface area contributed by atoms with Crippen LogP contribution in [0.25, 0.3) is 0 Å². The molecule has 7 heteroatoms. The summed E-state index contributed by atoms with van der Waals surface area (Å²) in [7, 11) is 0. The zero-order valence-electron chi connectivity index (χ0n) is 11.6. The fraction of sp³-hybridized carbons (Fsp3) is 0.462. The van der Waals surface area contributed by atoms with E-state index in [0.29, 0.717) is 0 Å². The third-order valence-electron chi connectivity index (χ3n) is 2.46. The predicted octanol–water partition coefficient (Wildman–Crippen LogP) is 1.55. The van der Waals surface area contributed by atoms with Crippen LogP contribution in [0.4, 0.5) is 5.69 Å². The van der Waals surface area contributed by atoms with Crippen LogP contribution in [0.2, 0.25) is 0 Å². The molecule has 110 valence electrons. The maximum atomic E-state index is 11.5. The van der Waals surface area contributed by atoms with E-state index in [-0.39, 0.29) is 35.6 Å². The average Bonchev–Trinajstić information content (AvgIpc) is 2.35. The second-order valence-corrected chi connectivity index (χ2v) is 4.67. The van der Waals surface area contributed by atoms with E-state index in [2.05, 4.69) is 5.32 Å². The number of hydrogen-bond donors (Lipinski definition) is 2. The van der Waals surface area contributed by atoms with Crippen molar-refractivity contribution in [3.05, 3.63) is 33.9 Å². The highest BCUT2D eigenvalue weighted by atomic mass is 16.6. The van der Waals surface area contributed by atoms with Crippen molar-refractivity contribution in [2.45, 2.75) is 32.9 Å². The standard InChI is InChI=1S/C13H18N2O5/c1-8(2)14-13(17)7-20-12-5-4-10(15(18)19)6-11(12)9(3)16/h4-6,8-9,16H,7H2,1-3H3,(H,14,17)/t9-/m1/s1. The number of nitro benzene ring substituents is 1. The van der Waals surface area contributed by atoms with Crippen LogP contribution in [0.3, 0.4) is 0 Å². The molecule has 1 aromatic carbocycles. The minimum Gasteiger partial charge on any atom is -0.483 e. The highest BCUT2D eigenvalue weighted by Gasteiger charge is 2.16. The third-order valence-corrected chi connectivity index (χ3v) is 2.46. The Hall–Kier alpha value is -2.15. The van der Waals surface area contributed by atoms with Gasteiger partial charge in [-0.2, -0.15) is 0 Å². The Balaban J connectivity index is 2.84. The number of nitro groups is 1. The van der Waals surface area contributed by atoms with Gasteiger partial charge in [0.2, 0.25) is 0 Å². The zero-order valence-corrected chi connectivity index (χ0v) is 11.6. The topological polar surface area (TPSA) is 102 Å². The van der Waals surface area contributed by atoms with Gasteiger partial charge in [0.1, 0.15) is 5.75 Å². The Morgan fingerprint density at radius 2 is 2.10 bits per heavy atom. The zero-order chi connectivity index (χ0) is 15.3. The van der Waals surface area contributed by atoms with Crippen molar-refractivity contribution in [2.75, 3.05) is 6.61 Å². The van der Waals surface area contributed by atoms with E-state index in [0.717, 1.165) is 0 Å². The van der Waals surface area contributed by atoms with Gasteiger partial charge in [0.15, 0.2) is 6.61 Å². The Bertz CT molecular complexity index is 500. The normalized spacial score (nSPS) is 12.1. The van der Waals surface area contributed by atoms with Crippen LogP contribution in [-0.4, -0.2) is 28.6 Å².